The molecule has 0 atom stereocenters. The highest BCUT2D eigenvalue weighted by Crippen LogP contribution is 2.10. The molecule has 0 spiro atoms. The Labute approximate surface area is 78.4 Å². The van der Waals surface area contributed by atoms with Crippen LogP contribution in [0.4, 0.5) is 0 Å². The minimum atomic E-state index is -1.06. The molecule has 1 heterocycles. The number of nitrogens with one attached hydrogen (secondary N) is 1. The van der Waals surface area contributed by atoms with Gasteiger partial charge in [-0.25, -0.2) is 4.98 Å². The molecule has 0 saturated heterocycles. The Morgan fingerprint density at radius 3 is 2.85 bits per heavy atom. The molecule has 0 aliphatic heterocycles. The molecule has 5 nitrogen and oxygen atoms in total. The first-order valence-electron chi connectivity index (χ1n) is 3.52. The number of carbonyl (C=O) groups excluding carboxylic acids is 1. The molecule has 13 heavy (non-hydrogen) atoms. The van der Waals surface area contributed by atoms with Crippen LogP contribution in [0, 0.1) is 6.92 Å². The van der Waals surface area contributed by atoms with Crippen molar-refractivity contribution in [1.82, 2.24) is 10.3 Å². The summed E-state index contributed by atoms with van der Waals surface area (Å²) in [5.41, 5.74) is 0. The Morgan fingerprint density at radius 1 is 1.69 bits per heavy atom. The molecular weight excluding hydrogens is 192 g/mol. The topological polar surface area (TPSA) is 79.3 Å². The Balaban J connectivity index is 2.54. The maximum absolute atomic E-state index is 11.2. The van der Waals surface area contributed by atoms with Crippen molar-refractivity contribution in [3.05, 3.63) is 16.1 Å². The number of hydrogen-bond donors (Lipinski definition) is 2. The summed E-state index contributed by atoms with van der Waals surface area (Å²) < 4.78 is 0. The van der Waals surface area contributed by atoms with Crippen molar-refractivity contribution in [2.45, 2.75) is 6.92 Å². The molecule has 0 aromatic carbocycles. The molecule has 2 N–H and O–H groups in total. The van der Waals surface area contributed by atoms with Crippen molar-refractivity contribution in [3.63, 3.8) is 0 Å². The predicted octanol–water partition coefficient (Wildman–Crippen LogP) is 0.266. The first kappa shape index (κ1) is 9.66. The summed E-state index contributed by atoms with van der Waals surface area (Å²) in [5.74, 6) is -1.46. The van der Waals surface area contributed by atoms with Gasteiger partial charge in [-0.3, -0.25) is 9.59 Å². The number of carboxylic acids is 1. The van der Waals surface area contributed by atoms with E-state index in [1.165, 1.54) is 17.5 Å². The zero-order chi connectivity index (χ0) is 9.84. The number of carboxylic acid groups (broad SMARTS) is 1. The SMILES string of the molecule is Cc1ncc(C(=O)NCC(=O)O)s1. The van der Waals surface area contributed by atoms with Crippen LogP contribution in [0.5, 0.6) is 0 Å². The molecule has 0 unspecified atom stereocenters. The minimum Gasteiger partial charge on any atom is -0.480 e. The number of rotatable bonds is 3. The Hall–Kier alpha value is -1.43. The third kappa shape index (κ3) is 2.83. The van der Waals surface area contributed by atoms with E-state index in [9.17, 15) is 9.59 Å². The van der Waals surface area contributed by atoms with E-state index in [0.29, 0.717) is 4.88 Å². The van der Waals surface area contributed by atoms with Crippen molar-refractivity contribution < 1.29 is 14.7 Å². The van der Waals surface area contributed by atoms with E-state index < -0.39 is 11.9 Å². The second kappa shape index (κ2) is 3.99. The van der Waals surface area contributed by atoms with Crippen LogP contribution < -0.4 is 5.32 Å². The molecule has 6 heteroatoms. The maximum Gasteiger partial charge on any atom is 0.322 e. The summed E-state index contributed by atoms with van der Waals surface area (Å²) in [6.45, 7) is 1.41. The molecule has 1 aromatic rings. The monoisotopic (exact) mass is 200 g/mol. The van der Waals surface area contributed by atoms with Crippen LogP contribution in [0.15, 0.2) is 6.20 Å². The fourth-order valence-electron chi connectivity index (χ4n) is 0.709. The summed E-state index contributed by atoms with van der Waals surface area (Å²) in [4.78, 5) is 25.6. The smallest absolute Gasteiger partial charge is 0.322 e. The van der Waals surface area contributed by atoms with E-state index >= 15 is 0 Å². The second-order valence-electron chi connectivity index (χ2n) is 2.32. The fraction of sp³-hybridized carbons (Fsp3) is 0.286. The molecular formula is C7H8N2O3S. The van der Waals surface area contributed by atoms with Gasteiger partial charge < -0.3 is 10.4 Å². The van der Waals surface area contributed by atoms with Crippen molar-refractivity contribution in [2.75, 3.05) is 6.54 Å². The molecule has 1 aromatic heterocycles. The lowest BCUT2D eigenvalue weighted by Crippen LogP contribution is -2.28. The Kier molecular flexibility index (Phi) is 2.97. The first-order chi connectivity index (χ1) is 6.09. The van der Waals surface area contributed by atoms with Crippen LogP contribution in [0.1, 0.15) is 14.7 Å². The number of aryl methyl sites for hydroxylation is 1. The van der Waals surface area contributed by atoms with Crippen molar-refractivity contribution in [1.29, 1.82) is 0 Å². The molecule has 0 aliphatic rings. The van der Waals surface area contributed by atoms with Gasteiger partial charge in [0.15, 0.2) is 0 Å². The maximum atomic E-state index is 11.2. The molecule has 0 fully saturated rings. The molecule has 1 amide bonds. The summed E-state index contributed by atoms with van der Waals surface area (Å²) in [7, 11) is 0. The van der Waals surface area contributed by atoms with Crippen LogP contribution in [0.2, 0.25) is 0 Å². The largest absolute Gasteiger partial charge is 0.480 e. The number of hydrogen-bond acceptors (Lipinski definition) is 4. The van der Waals surface area contributed by atoms with E-state index in [-0.39, 0.29) is 6.54 Å². The minimum absolute atomic E-state index is 0.365. The third-order valence-electron chi connectivity index (χ3n) is 1.25. The van der Waals surface area contributed by atoms with E-state index in [0.717, 1.165) is 5.01 Å². The van der Waals surface area contributed by atoms with Gasteiger partial charge in [0, 0.05) is 0 Å². The Bertz CT molecular complexity index is 334. The van der Waals surface area contributed by atoms with E-state index in [1.54, 1.807) is 6.92 Å². The first-order valence-corrected chi connectivity index (χ1v) is 4.33. The average molecular weight is 200 g/mol. The highest BCUT2D eigenvalue weighted by Gasteiger charge is 2.09. The van der Waals surface area contributed by atoms with Gasteiger partial charge in [0.2, 0.25) is 0 Å². The summed E-state index contributed by atoms with van der Waals surface area (Å²) in [6.07, 6.45) is 1.43. The molecule has 0 radical (unpaired) electrons. The quantitative estimate of drug-likeness (QED) is 0.733. The van der Waals surface area contributed by atoms with Gasteiger partial charge in [-0.2, -0.15) is 0 Å². The standard InChI is InChI=1S/C7H8N2O3S/c1-4-8-2-5(13-4)7(12)9-3-6(10)11/h2H,3H2,1H3,(H,9,12)(H,10,11). The van der Waals surface area contributed by atoms with Gasteiger partial charge >= 0.3 is 5.97 Å². The number of amides is 1. The zero-order valence-corrected chi connectivity index (χ0v) is 7.72. The van der Waals surface area contributed by atoms with E-state index in [4.69, 9.17) is 5.11 Å². The summed E-state index contributed by atoms with van der Waals surface area (Å²) in [6, 6.07) is 0. The zero-order valence-electron chi connectivity index (χ0n) is 6.90. The third-order valence-corrected chi connectivity index (χ3v) is 2.16. The summed E-state index contributed by atoms with van der Waals surface area (Å²) in [5, 5.41) is 11.3. The molecule has 1 rings (SSSR count). The van der Waals surface area contributed by atoms with Gasteiger partial charge in [0.05, 0.1) is 11.2 Å². The van der Waals surface area contributed by atoms with Crippen LogP contribution >= 0.6 is 11.3 Å². The molecule has 70 valence electrons. The van der Waals surface area contributed by atoms with Crippen LogP contribution in [-0.4, -0.2) is 28.5 Å². The van der Waals surface area contributed by atoms with Crippen molar-refractivity contribution in [2.24, 2.45) is 0 Å². The van der Waals surface area contributed by atoms with Crippen molar-refractivity contribution >= 4 is 23.2 Å². The number of aromatic nitrogens is 1. The number of nitrogens with zero attached hydrogens (tertiary/aromatic N) is 1. The van der Waals surface area contributed by atoms with Gasteiger partial charge in [-0.05, 0) is 6.92 Å². The lowest BCUT2D eigenvalue weighted by molar-refractivity contribution is -0.135. The van der Waals surface area contributed by atoms with Gasteiger partial charge in [0.1, 0.15) is 11.4 Å². The molecule has 0 aliphatic carbocycles. The lowest BCUT2D eigenvalue weighted by Gasteiger charge is -1.96. The van der Waals surface area contributed by atoms with Crippen LogP contribution in [0.25, 0.3) is 0 Å². The molecule has 0 bridgehead atoms. The predicted molar refractivity (Wildman–Crippen MR) is 46.8 cm³/mol. The van der Waals surface area contributed by atoms with E-state index in [1.807, 2.05) is 0 Å². The second-order valence-corrected chi connectivity index (χ2v) is 3.55. The van der Waals surface area contributed by atoms with Gasteiger partial charge in [-0.15, -0.1) is 11.3 Å². The fourth-order valence-corrected chi connectivity index (χ4v) is 1.40. The average Bonchev–Trinajstić information content (AvgIpc) is 2.47. The van der Waals surface area contributed by atoms with Crippen molar-refractivity contribution in [3.8, 4) is 0 Å². The van der Waals surface area contributed by atoms with E-state index in [2.05, 4.69) is 10.3 Å². The number of carbonyl (C=O) groups is 2. The van der Waals surface area contributed by atoms with Gasteiger partial charge in [0.25, 0.3) is 5.91 Å². The highest BCUT2D eigenvalue weighted by atomic mass is 32.1. The lowest BCUT2D eigenvalue weighted by atomic mass is 10.5. The van der Waals surface area contributed by atoms with Gasteiger partial charge in [-0.1, -0.05) is 0 Å². The highest BCUT2D eigenvalue weighted by molar-refractivity contribution is 7.13. The summed E-state index contributed by atoms with van der Waals surface area (Å²) >= 11 is 1.23. The Morgan fingerprint density at radius 2 is 2.38 bits per heavy atom. The van der Waals surface area contributed by atoms with Crippen LogP contribution in [-0.2, 0) is 4.79 Å². The van der Waals surface area contributed by atoms with Crippen LogP contribution in [0.3, 0.4) is 0 Å². The number of aliphatic carboxylic acids is 1. The normalized spacial score (nSPS) is 9.62. The number of thiazole rings is 1. The molecule has 0 saturated carbocycles.